The van der Waals surface area contributed by atoms with Crippen molar-refractivity contribution in [2.75, 3.05) is 20.1 Å². The Morgan fingerprint density at radius 3 is 2.46 bits per heavy atom. The SMILES string of the molecule is CNC(C(=O)N1CCC(C(O)c2ccc(F)cc2)CC1)c1cnn(C)c1. The Morgan fingerprint density at radius 2 is 1.92 bits per heavy atom. The van der Waals surface area contributed by atoms with Crippen molar-refractivity contribution in [2.24, 2.45) is 13.0 Å². The van der Waals surface area contributed by atoms with E-state index >= 15 is 0 Å². The van der Waals surface area contributed by atoms with Crippen molar-refractivity contribution in [1.29, 1.82) is 0 Å². The smallest absolute Gasteiger partial charge is 0.244 e. The summed E-state index contributed by atoms with van der Waals surface area (Å²) < 4.78 is 14.7. The van der Waals surface area contributed by atoms with E-state index in [1.807, 2.05) is 18.1 Å². The van der Waals surface area contributed by atoms with Crippen LogP contribution in [0.25, 0.3) is 0 Å². The highest BCUT2D eigenvalue weighted by molar-refractivity contribution is 5.83. The molecule has 1 aliphatic heterocycles. The molecule has 0 saturated carbocycles. The first kappa shape index (κ1) is 18.5. The summed E-state index contributed by atoms with van der Waals surface area (Å²) in [7, 11) is 3.59. The van der Waals surface area contributed by atoms with Crippen molar-refractivity contribution in [3.63, 3.8) is 0 Å². The maximum absolute atomic E-state index is 13.0. The van der Waals surface area contributed by atoms with Gasteiger partial charge in [0.15, 0.2) is 0 Å². The molecule has 0 aliphatic carbocycles. The number of likely N-dealkylation sites (tertiary alicyclic amines) is 1. The molecule has 0 bridgehead atoms. The lowest BCUT2D eigenvalue weighted by Gasteiger charge is -2.36. The Kier molecular flexibility index (Phi) is 5.68. The quantitative estimate of drug-likeness (QED) is 0.853. The normalized spacial score (nSPS) is 17.9. The van der Waals surface area contributed by atoms with Gasteiger partial charge in [-0.15, -0.1) is 0 Å². The van der Waals surface area contributed by atoms with Crippen molar-refractivity contribution in [3.05, 3.63) is 53.6 Å². The zero-order valence-corrected chi connectivity index (χ0v) is 15.1. The molecule has 1 fully saturated rings. The third kappa shape index (κ3) is 3.94. The van der Waals surface area contributed by atoms with Gasteiger partial charge in [-0.3, -0.25) is 9.48 Å². The number of likely N-dealkylation sites (N-methyl/N-ethyl adjacent to an activating group) is 1. The van der Waals surface area contributed by atoms with Gasteiger partial charge in [-0.25, -0.2) is 4.39 Å². The fourth-order valence-corrected chi connectivity index (χ4v) is 3.57. The predicted octanol–water partition coefficient (Wildman–Crippen LogP) is 1.79. The van der Waals surface area contributed by atoms with Crippen LogP contribution in [0.5, 0.6) is 0 Å². The second-order valence-corrected chi connectivity index (χ2v) is 6.83. The Balaban J connectivity index is 1.60. The van der Waals surface area contributed by atoms with E-state index in [-0.39, 0.29) is 17.6 Å². The number of amides is 1. The summed E-state index contributed by atoms with van der Waals surface area (Å²) >= 11 is 0. The number of carbonyl (C=O) groups excluding carboxylic acids is 1. The van der Waals surface area contributed by atoms with Crippen molar-refractivity contribution in [1.82, 2.24) is 20.0 Å². The van der Waals surface area contributed by atoms with Crippen LogP contribution in [0.1, 0.15) is 36.1 Å². The van der Waals surface area contributed by atoms with Gasteiger partial charge in [0.1, 0.15) is 11.9 Å². The largest absolute Gasteiger partial charge is 0.388 e. The van der Waals surface area contributed by atoms with Crippen LogP contribution in [0.15, 0.2) is 36.7 Å². The first-order chi connectivity index (χ1) is 12.5. The lowest BCUT2D eigenvalue weighted by molar-refractivity contribution is -0.135. The summed E-state index contributed by atoms with van der Waals surface area (Å²) in [6.07, 6.45) is 4.33. The summed E-state index contributed by atoms with van der Waals surface area (Å²) in [5, 5.41) is 17.7. The molecule has 2 atom stereocenters. The first-order valence-electron chi connectivity index (χ1n) is 8.87. The van der Waals surface area contributed by atoms with Gasteiger partial charge < -0.3 is 15.3 Å². The molecule has 1 aliphatic rings. The van der Waals surface area contributed by atoms with Crippen LogP contribution in [-0.4, -0.2) is 45.8 Å². The van der Waals surface area contributed by atoms with E-state index in [0.717, 1.165) is 11.1 Å². The van der Waals surface area contributed by atoms with Crippen molar-refractivity contribution in [2.45, 2.75) is 25.0 Å². The summed E-state index contributed by atoms with van der Waals surface area (Å²) in [6, 6.07) is 5.56. The Morgan fingerprint density at radius 1 is 1.27 bits per heavy atom. The molecule has 3 rings (SSSR count). The lowest BCUT2D eigenvalue weighted by atomic mass is 9.87. The second kappa shape index (κ2) is 7.97. The van der Waals surface area contributed by atoms with E-state index in [0.29, 0.717) is 25.9 Å². The molecular weight excluding hydrogens is 335 g/mol. The monoisotopic (exact) mass is 360 g/mol. The van der Waals surface area contributed by atoms with Crippen LogP contribution in [0.3, 0.4) is 0 Å². The van der Waals surface area contributed by atoms with Gasteiger partial charge in [-0.1, -0.05) is 12.1 Å². The average Bonchev–Trinajstić information content (AvgIpc) is 3.08. The number of carbonyl (C=O) groups is 1. The molecule has 140 valence electrons. The highest BCUT2D eigenvalue weighted by Gasteiger charge is 2.31. The number of nitrogens with one attached hydrogen (secondary N) is 1. The molecule has 2 heterocycles. The zero-order chi connectivity index (χ0) is 18.7. The number of hydrogen-bond donors (Lipinski definition) is 2. The van der Waals surface area contributed by atoms with Gasteiger partial charge in [0.05, 0.1) is 12.3 Å². The molecule has 2 N–H and O–H groups in total. The standard InChI is InChI=1S/C19H25FN4O2/c1-21-17(15-11-22-23(2)12-15)19(26)24-9-7-14(8-10-24)18(25)13-3-5-16(20)6-4-13/h3-6,11-12,14,17-18,21,25H,7-10H2,1-2H3. The molecule has 1 saturated heterocycles. The van der Waals surface area contributed by atoms with E-state index in [2.05, 4.69) is 10.4 Å². The van der Waals surface area contributed by atoms with Crippen LogP contribution in [0.2, 0.25) is 0 Å². The number of aromatic nitrogens is 2. The molecule has 1 aromatic carbocycles. The fourth-order valence-electron chi connectivity index (χ4n) is 3.57. The van der Waals surface area contributed by atoms with Gasteiger partial charge in [0, 0.05) is 31.9 Å². The molecule has 6 nitrogen and oxygen atoms in total. The fraction of sp³-hybridized carbons (Fsp3) is 0.474. The number of aliphatic hydroxyl groups is 1. The Labute approximate surface area is 152 Å². The number of nitrogens with zero attached hydrogens (tertiary/aromatic N) is 3. The van der Waals surface area contributed by atoms with Crippen LogP contribution < -0.4 is 5.32 Å². The molecule has 1 aromatic heterocycles. The van der Waals surface area contributed by atoms with Crippen molar-refractivity contribution in [3.8, 4) is 0 Å². The molecule has 2 unspecified atom stereocenters. The maximum Gasteiger partial charge on any atom is 0.244 e. The van der Waals surface area contributed by atoms with E-state index in [1.54, 1.807) is 30.1 Å². The van der Waals surface area contributed by atoms with Crippen LogP contribution in [0.4, 0.5) is 4.39 Å². The third-order valence-corrected chi connectivity index (χ3v) is 5.10. The van der Waals surface area contributed by atoms with Crippen LogP contribution in [-0.2, 0) is 11.8 Å². The number of aryl methyl sites for hydroxylation is 1. The topological polar surface area (TPSA) is 70.4 Å². The number of piperidine rings is 1. The highest BCUT2D eigenvalue weighted by Crippen LogP contribution is 2.31. The highest BCUT2D eigenvalue weighted by atomic mass is 19.1. The lowest BCUT2D eigenvalue weighted by Crippen LogP contribution is -2.44. The summed E-state index contributed by atoms with van der Waals surface area (Å²) in [5.74, 6) is -0.221. The van der Waals surface area contributed by atoms with E-state index in [9.17, 15) is 14.3 Å². The molecule has 1 amide bonds. The van der Waals surface area contributed by atoms with Crippen molar-refractivity contribution < 1.29 is 14.3 Å². The molecule has 26 heavy (non-hydrogen) atoms. The van der Waals surface area contributed by atoms with Gasteiger partial charge in [-0.2, -0.15) is 5.10 Å². The number of halogens is 1. The van der Waals surface area contributed by atoms with Gasteiger partial charge >= 0.3 is 0 Å². The molecule has 0 spiro atoms. The Hall–Kier alpha value is -2.25. The van der Waals surface area contributed by atoms with Gasteiger partial charge in [0.25, 0.3) is 0 Å². The second-order valence-electron chi connectivity index (χ2n) is 6.83. The zero-order valence-electron chi connectivity index (χ0n) is 15.1. The third-order valence-electron chi connectivity index (χ3n) is 5.10. The minimum atomic E-state index is -0.633. The van der Waals surface area contributed by atoms with Crippen LogP contribution >= 0.6 is 0 Å². The molecule has 7 heteroatoms. The number of hydrogen-bond acceptors (Lipinski definition) is 4. The predicted molar refractivity (Wildman–Crippen MR) is 95.7 cm³/mol. The summed E-state index contributed by atoms with van der Waals surface area (Å²) in [4.78, 5) is 14.7. The van der Waals surface area contributed by atoms with Gasteiger partial charge in [0.2, 0.25) is 5.91 Å². The van der Waals surface area contributed by atoms with Crippen LogP contribution in [0, 0.1) is 11.7 Å². The average molecular weight is 360 g/mol. The van der Waals surface area contributed by atoms with E-state index in [1.165, 1.54) is 12.1 Å². The number of benzene rings is 1. The number of rotatable bonds is 5. The summed E-state index contributed by atoms with van der Waals surface area (Å²) in [5.41, 5.74) is 1.56. The maximum atomic E-state index is 13.0. The number of aliphatic hydroxyl groups excluding tert-OH is 1. The molecule has 2 aromatic rings. The van der Waals surface area contributed by atoms with E-state index < -0.39 is 12.1 Å². The van der Waals surface area contributed by atoms with Crippen molar-refractivity contribution >= 4 is 5.91 Å². The van der Waals surface area contributed by atoms with E-state index in [4.69, 9.17) is 0 Å². The minimum Gasteiger partial charge on any atom is -0.388 e. The minimum absolute atomic E-state index is 0.0234. The van der Waals surface area contributed by atoms with Gasteiger partial charge in [-0.05, 0) is 43.5 Å². The first-order valence-corrected chi connectivity index (χ1v) is 8.87. The summed E-state index contributed by atoms with van der Waals surface area (Å²) in [6.45, 7) is 1.19. The molecular formula is C19H25FN4O2. The molecule has 0 radical (unpaired) electrons. The Bertz CT molecular complexity index is 738.